The van der Waals surface area contributed by atoms with Crippen LogP contribution in [0.2, 0.25) is 0 Å². The zero-order valence-corrected chi connectivity index (χ0v) is 19.8. The molecule has 1 amide bonds. The Morgan fingerprint density at radius 2 is 1.71 bits per heavy atom. The number of carboxylic acids is 1. The van der Waals surface area contributed by atoms with E-state index in [1.165, 1.54) is 6.92 Å². The van der Waals surface area contributed by atoms with Crippen LogP contribution in [-0.2, 0) is 4.79 Å². The molecule has 0 aliphatic heterocycles. The first-order valence-electron chi connectivity index (χ1n) is 11.8. The van der Waals surface area contributed by atoms with Gasteiger partial charge in [-0.1, -0.05) is 44.0 Å². The Morgan fingerprint density at radius 3 is 2.37 bits per heavy atom. The quantitative estimate of drug-likeness (QED) is 0.260. The molecule has 0 aliphatic rings. The van der Waals surface area contributed by atoms with Crippen molar-refractivity contribution in [3.63, 3.8) is 0 Å². The zero-order valence-electron chi connectivity index (χ0n) is 19.8. The molecule has 1 unspecified atom stereocenters. The number of amides is 1. The minimum Gasteiger partial charge on any atom is -0.480 e. The number of para-hydroxylation sites is 2. The number of carboxylic acid groups (broad SMARTS) is 1. The number of hydrogen-bond acceptors (Lipinski definition) is 5. The lowest BCUT2D eigenvalue weighted by atomic mass is 9.99. The van der Waals surface area contributed by atoms with Crippen molar-refractivity contribution >= 4 is 28.7 Å². The molecule has 0 fully saturated rings. The van der Waals surface area contributed by atoms with E-state index in [9.17, 15) is 9.59 Å². The first-order valence-corrected chi connectivity index (χ1v) is 11.8. The molecule has 7 heteroatoms. The summed E-state index contributed by atoms with van der Waals surface area (Å²) in [6.45, 7) is 3.60. The van der Waals surface area contributed by atoms with Crippen LogP contribution in [0.15, 0.2) is 77.2 Å². The van der Waals surface area contributed by atoms with Gasteiger partial charge in [0.25, 0.3) is 5.91 Å². The van der Waals surface area contributed by atoms with Crippen molar-refractivity contribution in [3.05, 3.63) is 83.9 Å². The summed E-state index contributed by atoms with van der Waals surface area (Å²) >= 11 is 0. The van der Waals surface area contributed by atoms with E-state index in [1.54, 1.807) is 12.1 Å². The third-order valence-electron chi connectivity index (χ3n) is 5.91. The first kappa shape index (κ1) is 24.0. The number of carbonyl (C=O) groups excluding carboxylic acids is 1. The molecule has 7 nitrogen and oxygen atoms in total. The summed E-state index contributed by atoms with van der Waals surface area (Å²) < 4.78 is 5.89. The largest absolute Gasteiger partial charge is 0.480 e. The van der Waals surface area contributed by atoms with E-state index in [0.29, 0.717) is 11.5 Å². The Morgan fingerprint density at radius 1 is 1.00 bits per heavy atom. The van der Waals surface area contributed by atoms with E-state index >= 15 is 0 Å². The van der Waals surface area contributed by atoms with E-state index in [-0.39, 0.29) is 6.04 Å². The Hall–Kier alpha value is -4.13. The lowest BCUT2D eigenvalue weighted by molar-refractivity contribution is -0.138. The van der Waals surface area contributed by atoms with Gasteiger partial charge in [0.2, 0.25) is 5.89 Å². The van der Waals surface area contributed by atoms with Crippen molar-refractivity contribution in [3.8, 4) is 11.5 Å². The Bertz CT molecular complexity index is 1260. The van der Waals surface area contributed by atoms with Crippen molar-refractivity contribution in [1.82, 2.24) is 10.3 Å². The highest BCUT2D eigenvalue weighted by Crippen LogP contribution is 2.29. The second-order valence-electron chi connectivity index (χ2n) is 8.56. The van der Waals surface area contributed by atoms with Gasteiger partial charge in [0, 0.05) is 16.8 Å². The fourth-order valence-corrected chi connectivity index (χ4v) is 3.84. The fraction of sp³-hybridized carbons (Fsp3) is 0.250. The molecule has 4 aromatic rings. The first-order chi connectivity index (χ1) is 16.9. The molecule has 180 valence electrons. The van der Waals surface area contributed by atoms with E-state index in [0.717, 1.165) is 47.2 Å². The molecule has 0 aliphatic carbocycles. The molecule has 0 spiro atoms. The molecule has 1 aromatic heterocycles. The van der Waals surface area contributed by atoms with Gasteiger partial charge in [-0.3, -0.25) is 9.59 Å². The second-order valence-corrected chi connectivity index (χ2v) is 8.56. The number of anilines is 1. The lowest BCUT2D eigenvalue weighted by Gasteiger charge is -2.21. The minimum absolute atomic E-state index is 0.0966. The Kier molecular flexibility index (Phi) is 7.45. The molecule has 2 atom stereocenters. The molecule has 35 heavy (non-hydrogen) atoms. The van der Waals surface area contributed by atoms with Crippen LogP contribution >= 0.6 is 0 Å². The van der Waals surface area contributed by atoms with Gasteiger partial charge in [0.15, 0.2) is 5.58 Å². The van der Waals surface area contributed by atoms with Crippen molar-refractivity contribution in [2.45, 2.75) is 45.2 Å². The minimum atomic E-state index is -1.07. The molecule has 3 N–H and O–H groups in total. The maximum absolute atomic E-state index is 12.3. The monoisotopic (exact) mass is 471 g/mol. The third kappa shape index (κ3) is 5.87. The number of oxazole rings is 1. The smallest absolute Gasteiger partial charge is 0.325 e. The van der Waals surface area contributed by atoms with Crippen LogP contribution in [0.25, 0.3) is 22.6 Å². The van der Waals surface area contributed by atoms with Crippen LogP contribution in [0.3, 0.4) is 0 Å². The normalized spacial score (nSPS) is 12.7. The highest BCUT2D eigenvalue weighted by Gasteiger charge is 2.16. The molecule has 0 radical (unpaired) electrons. The molecular formula is C28H29N3O4. The highest BCUT2D eigenvalue weighted by molar-refractivity contribution is 5.96. The zero-order chi connectivity index (χ0) is 24.8. The predicted octanol–water partition coefficient (Wildman–Crippen LogP) is 6.04. The van der Waals surface area contributed by atoms with Gasteiger partial charge >= 0.3 is 5.97 Å². The van der Waals surface area contributed by atoms with Gasteiger partial charge in [0.05, 0.1) is 6.04 Å². The standard InChI is InChI=1S/C28H29N3O4/c1-3-4-7-23(30-22-16-14-20(15-17-22)26(32)29-18(2)28(33)34)19-10-12-21(13-11-19)27-31-24-8-5-6-9-25(24)35-27/h5-6,8-18,23,30H,3-4,7H2,1-2H3,(H,29,32)(H,33,34)/t18-,23?/m0/s1. The summed E-state index contributed by atoms with van der Waals surface area (Å²) in [6.07, 6.45) is 3.11. The Balaban J connectivity index is 1.48. The summed E-state index contributed by atoms with van der Waals surface area (Å²) in [7, 11) is 0. The van der Waals surface area contributed by atoms with Gasteiger partial charge in [-0.15, -0.1) is 0 Å². The van der Waals surface area contributed by atoms with E-state index in [2.05, 4.69) is 34.7 Å². The molecule has 0 saturated heterocycles. The topological polar surface area (TPSA) is 104 Å². The van der Waals surface area contributed by atoms with Crippen molar-refractivity contribution in [1.29, 1.82) is 0 Å². The van der Waals surface area contributed by atoms with Gasteiger partial charge < -0.3 is 20.2 Å². The summed E-state index contributed by atoms with van der Waals surface area (Å²) in [5, 5.41) is 15.0. The van der Waals surface area contributed by atoms with Gasteiger partial charge in [-0.2, -0.15) is 0 Å². The molecule has 0 saturated carbocycles. The van der Waals surface area contributed by atoms with Gasteiger partial charge in [-0.25, -0.2) is 4.98 Å². The van der Waals surface area contributed by atoms with Crippen LogP contribution in [0.4, 0.5) is 5.69 Å². The van der Waals surface area contributed by atoms with E-state index in [1.807, 2.05) is 48.5 Å². The van der Waals surface area contributed by atoms with Crippen LogP contribution in [0.1, 0.15) is 55.1 Å². The number of benzene rings is 3. The maximum Gasteiger partial charge on any atom is 0.325 e. The highest BCUT2D eigenvalue weighted by atomic mass is 16.4. The molecule has 3 aromatic carbocycles. The third-order valence-corrected chi connectivity index (χ3v) is 5.91. The lowest BCUT2D eigenvalue weighted by Crippen LogP contribution is -2.38. The number of unbranched alkanes of at least 4 members (excludes halogenated alkanes) is 1. The van der Waals surface area contributed by atoms with Gasteiger partial charge in [-0.05, 0) is 67.4 Å². The number of nitrogens with zero attached hydrogens (tertiary/aromatic N) is 1. The fourth-order valence-electron chi connectivity index (χ4n) is 3.84. The van der Waals surface area contributed by atoms with Crippen LogP contribution < -0.4 is 10.6 Å². The number of aliphatic carboxylic acids is 1. The molecule has 1 heterocycles. The van der Waals surface area contributed by atoms with Crippen molar-refractivity contribution in [2.75, 3.05) is 5.32 Å². The summed E-state index contributed by atoms with van der Waals surface area (Å²) in [5.74, 6) is -0.886. The van der Waals surface area contributed by atoms with Crippen LogP contribution in [0, 0.1) is 0 Å². The number of carbonyl (C=O) groups is 2. The maximum atomic E-state index is 12.3. The second kappa shape index (κ2) is 10.9. The van der Waals surface area contributed by atoms with Crippen LogP contribution in [-0.4, -0.2) is 28.0 Å². The molecule has 4 rings (SSSR count). The number of rotatable bonds is 10. The number of aromatic nitrogens is 1. The van der Waals surface area contributed by atoms with E-state index < -0.39 is 17.9 Å². The SMILES string of the molecule is CCCCC(Nc1ccc(C(=O)N[C@@H](C)C(=O)O)cc1)c1ccc(-c2nc3ccccc3o2)cc1. The predicted molar refractivity (Wildman–Crippen MR) is 136 cm³/mol. The van der Waals surface area contributed by atoms with Gasteiger partial charge in [0.1, 0.15) is 11.6 Å². The average molecular weight is 472 g/mol. The molecule has 0 bridgehead atoms. The number of nitrogens with one attached hydrogen (secondary N) is 2. The molecular weight excluding hydrogens is 442 g/mol. The van der Waals surface area contributed by atoms with E-state index in [4.69, 9.17) is 9.52 Å². The summed E-state index contributed by atoms with van der Waals surface area (Å²) in [4.78, 5) is 27.8. The Labute approximate surface area is 204 Å². The number of hydrogen-bond donors (Lipinski definition) is 3. The van der Waals surface area contributed by atoms with Crippen molar-refractivity contribution < 1.29 is 19.1 Å². The summed E-state index contributed by atoms with van der Waals surface area (Å²) in [6, 6.07) is 22.2. The van der Waals surface area contributed by atoms with Crippen LogP contribution in [0.5, 0.6) is 0 Å². The van der Waals surface area contributed by atoms with Crippen molar-refractivity contribution in [2.24, 2.45) is 0 Å². The summed E-state index contributed by atoms with van der Waals surface area (Å²) in [5.41, 5.74) is 4.97. The number of fused-ring (bicyclic) bond motifs is 1. The average Bonchev–Trinajstić information content (AvgIpc) is 3.31.